The van der Waals surface area contributed by atoms with Gasteiger partial charge in [-0.05, 0) is 41.4 Å². The summed E-state index contributed by atoms with van der Waals surface area (Å²) in [6.07, 6.45) is 0. The number of primary amides is 1. The van der Waals surface area contributed by atoms with Crippen LogP contribution in [-0.4, -0.2) is 48.0 Å². The average Bonchev–Trinajstić information content (AvgIpc) is 3.11. The number of benzene rings is 2. The minimum Gasteiger partial charge on any atom is -0.484 e. The number of nitrogens with zero attached hydrogens (tertiary/aromatic N) is 3. The predicted octanol–water partition coefficient (Wildman–Crippen LogP) is 2.48. The van der Waals surface area contributed by atoms with Crippen molar-refractivity contribution in [1.82, 2.24) is 9.27 Å². The van der Waals surface area contributed by atoms with Gasteiger partial charge in [0.05, 0.1) is 4.70 Å². The summed E-state index contributed by atoms with van der Waals surface area (Å²) in [5.74, 6) is 1.32. The van der Waals surface area contributed by atoms with E-state index in [9.17, 15) is 4.79 Å². The number of ether oxygens (including phenoxy) is 1. The van der Waals surface area contributed by atoms with Crippen LogP contribution in [0, 0.1) is 0 Å². The maximum absolute atomic E-state index is 10.9. The summed E-state index contributed by atoms with van der Waals surface area (Å²) in [7, 11) is 0. The molecule has 2 aromatic carbocycles. The number of carbonyl (C=O) groups is 1. The Morgan fingerprint density at radius 2 is 1.93 bits per heavy atom. The molecule has 1 aromatic heterocycles. The van der Waals surface area contributed by atoms with E-state index in [0.29, 0.717) is 5.75 Å². The first-order valence-corrected chi connectivity index (χ1v) is 9.78. The van der Waals surface area contributed by atoms with Gasteiger partial charge in [0.2, 0.25) is 0 Å². The van der Waals surface area contributed by atoms with E-state index in [1.165, 1.54) is 15.6 Å². The standard InChI is InChI=1S/C20H22N4O2S/c21-19(25)14-26-16-5-3-4-15(12-16)13-23-8-10-24(11-9-23)20-17-6-1-2-7-18(17)27-22-20/h1-7,12H,8-11,13-14H2,(H2,21,25). The lowest BCUT2D eigenvalue weighted by atomic mass is 10.2. The van der Waals surface area contributed by atoms with E-state index < -0.39 is 5.91 Å². The molecule has 1 aliphatic rings. The third-order valence-corrected chi connectivity index (χ3v) is 5.53. The number of aromatic nitrogens is 1. The highest BCUT2D eigenvalue weighted by molar-refractivity contribution is 7.13. The second-order valence-electron chi connectivity index (χ2n) is 6.67. The monoisotopic (exact) mass is 382 g/mol. The Hall–Kier alpha value is -2.64. The van der Waals surface area contributed by atoms with Gasteiger partial charge in [-0.2, -0.15) is 4.37 Å². The van der Waals surface area contributed by atoms with Crippen molar-refractivity contribution in [3.63, 3.8) is 0 Å². The Bertz CT molecular complexity index is 934. The number of amides is 1. The summed E-state index contributed by atoms with van der Waals surface area (Å²) in [6.45, 7) is 4.66. The van der Waals surface area contributed by atoms with E-state index in [4.69, 9.17) is 10.5 Å². The van der Waals surface area contributed by atoms with E-state index in [1.54, 1.807) is 11.5 Å². The summed E-state index contributed by atoms with van der Waals surface area (Å²) >= 11 is 1.57. The van der Waals surface area contributed by atoms with Gasteiger partial charge in [0.15, 0.2) is 6.61 Å². The van der Waals surface area contributed by atoms with Crippen LogP contribution in [-0.2, 0) is 11.3 Å². The van der Waals surface area contributed by atoms with Crippen molar-refractivity contribution in [2.45, 2.75) is 6.54 Å². The quantitative estimate of drug-likeness (QED) is 0.709. The zero-order valence-electron chi connectivity index (χ0n) is 15.0. The maximum atomic E-state index is 10.9. The van der Waals surface area contributed by atoms with E-state index in [-0.39, 0.29) is 6.61 Å². The summed E-state index contributed by atoms with van der Waals surface area (Å²) in [4.78, 5) is 15.7. The number of fused-ring (bicyclic) bond motifs is 1. The normalized spacial score (nSPS) is 15.2. The number of hydrogen-bond acceptors (Lipinski definition) is 6. The third kappa shape index (κ3) is 4.20. The fraction of sp³-hybridized carbons (Fsp3) is 0.300. The minimum atomic E-state index is -0.467. The highest BCUT2D eigenvalue weighted by Crippen LogP contribution is 2.30. The summed E-state index contributed by atoms with van der Waals surface area (Å²) in [5.41, 5.74) is 6.31. The molecule has 0 atom stereocenters. The third-order valence-electron chi connectivity index (χ3n) is 4.72. The first kappa shape index (κ1) is 17.8. The molecule has 1 saturated heterocycles. The average molecular weight is 382 g/mol. The summed E-state index contributed by atoms with van der Waals surface area (Å²) in [5, 5.41) is 1.25. The van der Waals surface area contributed by atoms with Crippen LogP contribution in [0.2, 0.25) is 0 Å². The SMILES string of the molecule is NC(=O)COc1cccc(CN2CCN(c3nsc4ccccc34)CC2)c1. The van der Waals surface area contributed by atoms with Crippen molar-refractivity contribution in [2.24, 2.45) is 5.73 Å². The highest BCUT2D eigenvalue weighted by atomic mass is 32.1. The molecular formula is C20H22N4O2S. The lowest BCUT2D eigenvalue weighted by Gasteiger charge is -2.35. The molecule has 2 N–H and O–H groups in total. The molecule has 0 radical (unpaired) electrons. The number of rotatable bonds is 6. The molecule has 2 heterocycles. The van der Waals surface area contributed by atoms with Crippen molar-refractivity contribution in [1.29, 1.82) is 0 Å². The molecule has 0 bridgehead atoms. The second kappa shape index (κ2) is 7.94. The van der Waals surface area contributed by atoms with Crippen LogP contribution >= 0.6 is 11.5 Å². The zero-order chi connectivity index (χ0) is 18.6. The van der Waals surface area contributed by atoms with Gasteiger partial charge >= 0.3 is 0 Å². The molecule has 27 heavy (non-hydrogen) atoms. The molecule has 0 aliphatic carbocycles. The summed E-state index contributed by atoms with van der Waals surface area (Å²) in [6, 6.07) is 16.3. The van der Waals surface area contributed by atoms with Crippen LogP contribution in [0.5, 0.6) is 5.75 Å². The van der Waals surface area contributed by atoms with Crippen molar-refractivity contribution < 1.29 is 9.53 Å². The van der Waals surface area contributed by atoms with E-state index >= 15 is 0 Å². The molecule has 0 spiro atoms. The fourth-order valence-corrected chi connectivity index (χ4v) is 4.16. The Morgan fingerprint density at radius 3 is 2.74 bits per heavy atom. The first-order chi connectivity index (χ1) is 13.2. The zero-order valence-corrected chi connectivity index (χ0v) is 15.8. The largest absolute Gasteiger partial charge is 0.484 e. The maximum Gasteiger partial charge on any atom is 0.255 e. The number of carbonyl (C=O) groups excluding carboxylic acids is 1. The molecule has 1 amide bonds. The predicted molar refractivity (Wildman–Crippen MR) is 108 cm³/mol. The molecule has 0 unspecified atom stereocenters. The van der Waals surface area contributed by atoms with Crippen molar-refractivity contribution in [3.05, 3.63) is 54.1 Å². The molecular weight excluding hydrogens is 360 g/mol. The fourth-order valence-electron chi connectivity index (χ4n) is 3.36. The Balaban J connectivity index is 1.36. The molecule has 3 aromatic rings. The topological polar surface area (TPSA) is 71.7 Å². The van der Waals surface area contributed by atoms with Crippen LogP contribution in [0.15, 0.2) is 48.5 Å². The lowest BCUT2D eigenvalue weighted by molar-refractivity contribution is -0.119. The van der Waals surface area contributed by atoms with E-state index in [2.05, 4.69) is 44.5 Å². The van der Waals surface area contributed by atoms with E-state index in [0.717, 1.165) is 38.5 Å². The molecule has 140 valence electrons. The molecule has 1 aliphatic heterocycles. The Kier molecular flexibility index (Phi) is 5.22. The van der Waals surface area contributed by atoms with Gasteiger partial charge in [-0.15, -0.1) is 0 Å². The van der Waals surface area contributed by atoms with Crippen LogP contribution < -0.4 is 15.4 Å². The molecule has 0 saturated carbocycles. The van der Waals surface area contributed by atoms with Crippen LogP contribution in [0.4, 0.5) is 5.82 Å². The number of anilines is 1. The van der Waals surface area contributed by atoms with Crippen LogP contribution in [0.1, 0.15) is 5.56 Å². The smallest absolute Gasteiger partial charge is 0.255 e. The molecule has 1 fully saturated rings. The van der Waals surface area contributed by atoms with Crippen molar-refractivity contribution in [3.8, 4) is 5.75 Å². The highest BCUT2D eigenvalue weighted by Gasteiger charge is 2.20. The van der Waals surface area contributed by atoms with Gasteiger partial charge < -0.3 is 15.4 Å². The van der Waals surface area contributed by atoms with Gasteiger partial charge in [0.1, 0.15) is 11.6 Å². The van der Waals surface area contributed by atoms with E-state index in [1.807, 2.05) is 18.2 Å². The number of nitrogens with two attached hydrogens (primary N) is 1. The number of piperazine rings is 1. The Labute approximate surface area is 162 Å². The molecule has 7 heteroatoms. The summed E-state index contributed by atoms with van der Waals surface area (Å²) < 4.78 is 11.3. The van der Waals surface area contributed by atoms with Gasteiger partial charge in [-0.3, -0.25) is 9.69 Å². The first-order valence-electron chi connectivity index (χ1n) is 9.01. The van der Waals surface area contributed by atoms with Crippen LogP contribution in [0.3, 0.4) is 0 Å². The van der Waals surface area contributed by atoms with Crippen molar-refractivity contribution >= 4 is 33.3 Å². The van der Waals surface area contributed by atoms with Crippen LogP contribution in [0.25, 0.3) is 10.1 Å². The van der Waals surface area contributed by atoms with Crippen molar-refractivity contribution in [2.75, 3.05) is 37.7 Å². The van der Waals surface area contributed by atoms with Gasteiger partial charge in [-0.1, -0.05) is 24.3 Å². The second-order valence-corrected chi connectivity index (χ2v) is 7.47. The Morgan fingerprint density at radius 1 is 1.11 bits per heavy atom. The minimum absolute atomic E-state index is 0.0935. The molecule has 4 rings (SSSR count). The number of hydrogen-bond donors (Lipinski definition) is 1. The van der Waals surface area contributed by atoms with Gasteiger partial charge in [-0.25, -0.2) is 0 Å². The van der Waals surface area contributed by atoms with Gasteiger partial charge in [0, 0.05) is 38.1 Å². The van der Waals surface area contributed by atoms with Gasteiger partial charge in [0.25, 0.3) is 5.91 Å². The molecule has 6 nitrogen and oxygen atoms in total. The lowest BCUT2D eigenvalue weighted by Crippen LogP contribution is -2.46.